The molecule has 39 heavy (non-hydrogen) atoms. The highest BCUT2D eigenvalue weighted by Gasteiger charge is 2.32. The number of hydrogen-bond acceptors (Lipinski definition) is 6. The molecule has 0 unspecified atom stereocenters. The number of nitrogens with zero attached hydrogens (tertiary/aromatic N) is 1. The topological polar surface area (TPSA) is 48.0 Å². The number of rotatable bonds is 12. The average molecular weight is 562 g/mol. The van der Waals surface area contributed by atoms with Gasteiger partial charge in [-0.15, -0.1) is 0 Å². The summed E-state index contributed by atoms with van der Waals surface area (Å²) in [6, 6.07) is 21.9. The number of benzene rings is 3. The molecule has 1 aliphatic rings. The van der Waals surface area contributed by atoms with Crippen LogP contribution in [0.25, 0.3) is 6.08 Å². The van der Waals surface area contributed by atoms with E-state index in [1.54, 1.807) is 4.90 Å². The second-order valence-corrected chi connectivity index (χ2v) is 11.3. The molecule has 0 radical (unpaired) electrons. The smallest absolute Gasteiger partial charge is 0.266 e. The Balaban J connectivity index is 1.36. The fourth-order valence-corrected chi connectivity index (χ4v) is 5.48. The average Bonchev–Trinajstić information content (AvgIpc) is 3.17. The maximum atomic E-state index is 13.1. The number of ether oxygens (including phenoxy) is 3. The Morgan fingerprint density at radius 2 is 1.67 bits per heavy atom. The Bertz CT molecular complexity index is 1340. The first-order valence-corrected chi connectivity index (χ1v) is 14.5. The molecule has 3 aromatic carbocycles. The summed E-state index contributed by atoms with van der Waals surface area (Å²) in [5.74, 6) is 2.58. The third kappa shape index (κ3) is 7.64. The van der Waals surface area contributed by atoms with E-state index in [-0.39, 0.29) is 5.91 Å². The lowest BCUT2D eigenvalue weighted by atomic mass is 10.0. The van der Waals surface area contributed by atoms with Crippen molar-refractivity contribution in [1.29, 1.82) is 0 Å². The second kappa shape index (κ2) is 13.7. The van der Waals surface area contributed by atoms with Crippen molar-refractivity contribution in [3.63, 3.8) is 0 Å². The highest BCUT2D eigenvalue weighted by molar-refractivity contribution is 8.26. The van der Waals surface area contributed by atoms with E-state index in [9.17, 15) is 4.79 Å². The van der Waals surface area contributed by atoms with Crippen LogP contribution >= 0.6 is 24.0 Å². The lowest BCUT2D eigenvalue weighted by Crippen LogP contribution is -2.27. The van der Waals surface area contributed by atoms with Crippen LogP contribution in [0.4, 0.5) is 0 Å². The van der Waals surface area contributed by atoms with Crippen LogP contribution in [0.2, 0.25) is 0 Å². The molecule has 0 N–H and O–H groups in total. The zero-order chi connectivity index (χ0) is 27.8. The number of aryl methyl sites for hydroxylation is 1. The van der Waals surface area contributed by atoms with Gasteiger partial charge in [-0.05, 0) is 66.3 Å². The molecule has 0 aromatic heterocycles. The molecule has 1 saturated heterocycles. The molecule has 3 aromatic rings. The summed E-state index contributed by atoms with van der Waals surface area (Å²) < 4.78 is 18.6. The lowest BCUT2D eigenvalue weighted by molar-refractivity contribution is -0.122. The molecule has 1 heterocycles. The van der Waals surface area contributed by atoms with Crippen molar-refractivity contribution < 1.29 is 19.0 Å². The molecule has 1 fully saturated rings. The van der Waals surface area contributed by atoms with E-state index in [0.717, 1.165) is 23.3 Å². The first kappa shape index (κ1) is 28.7. The van der Waals surface area contributed by atoms with Crippen molar-refractivity contribution in [2.45, 2.75) is 46.6 Å². The van der Waals surface area contributed by atoms with E-state index in [4.69, 9.17) is 26.4 Å². The molecule has 204 valence electrons. The van der Waals surface area contributed by atoms with Crippen LogP contribution in [0.5, 0.6) is 17.2 Å². The normalized spacial score (nSPS) is 14.4. The lowest BCUT2D eigenvalue weighted by Gasteiger charge is -2.16. The third-order valence-electron chi connectivity index (χ3n) is 6.22. The molecular weight excluding hydrogens is 526 g/mol. The van der Waals surface area contributed by atoms with Crippen LogP contribution in [-0.2, 0) is 11.3 Å². The Labute approximate surface area is 241 Å². The van der Waals surface area contributed by atoms with Crippen molar-refractivity contribution in [1.82, 2.24) is 4.90 Å². The van der Waals surface area contributed by atoms with Gasteiger partial charge in [0.05, 0.1) is 31.3 Å². The molecule has 5 nitrogen and oxygen atoms in total. The molecule has 1 amide bonds. The van der Waals surface area contributed by atoms with Gasteiger partial charge in [0.15, 0.2) is 11.5 Å². The molecule has 0 atom stereocenters. The fraction of sp³-hybridized carbons (Fsp3) is 0.312. The molecule has 0 bridgehead atoms. The van der Waals surface area contributed by atoms with Gasteiger partial charge in [0.2, 0.25) is 0 Å². The van der Waals surface area contributed by atoms with Gasteiger partial charge in [0.25, 0.3) is 5.91 Å². The van der Waals surface area contributed by atoms with Gasteiger partial charge in [-0.25, -0.2) is 0 Å². The minimum absolute atomic E-state index is 0.0821. The highest BCUT2D eigenvalue weighted by Crippen LogP contribution is 2.36. The van der Waals surface area contributed by atoms with Gasteiger partial charge < -0.3 is 14.2 Å². The van der Waals surface area contributed by atoms with Crippen molar-refractivity contribution in [3.05, 3.63) is 93.9 Å². The van der Waals surface area contributed by atoms with Gasteiger partial charge in [-0.3, -0.25) is 9.69 Å². The zero-order valence-electron chi connectivity index (χ0n) is 22.9. The standard InChI is InChI=1S/C32H35NO4S2/c1-5-35-29-19-25(20-30-31(34)33(32(38)39-30)21-24-10-7-6-8-11-24)13-15-27(29)36-16-9-17-37-28-18-23(4)12-14-26(28)22(2)3/h6-8,10-15,18-20,22H,5,9,16-17,21H2,1-4H3. The van der Waals surface area contributed by atoms with E-state index in [1.165, 1.54) is 22.9 Å². The van der Waals surface area contributed by atoms with Crippen molar-refractivity contribution in [2.75, 3.05) is 19.8 Å². The van der Waals surface area contributed by atoms with Crippen LogP contribution in [0.3, 0.4) is 0 Å². The molecular formula is C32H35NO4S2. The predicted molar refractivity (Wildman–Crippen MR) is 164 cm³/mol. The van der Waals surface area contributed by atoms with Crippen LogP contribution in [0.15, 0.2) is 71.6 Å². The molecule has 1 aliphatic heterocycles. The maximum Gasteiger partial charge on any atom is 0.266 e. The van der Waals surface area contributed by atoms with Crippen molar-refractivity contribution >= 4 is 40.3 Å². The number of amides is 1. The number of carbonyl (C=O) groups is 1. The van der Waals surface area contributed by atoms with Crippen molar-refractivity contribution in [3.8, 4) is 17.2 Å². The molecule has 4 rings (SSSR count). The minimum atomic E-state index is -0.0821. The first-order chi connectivity index (χ1) is 18.9. The Morgan fingerprint density at radius 3 is 2.38 bits per heavy atom. The van der Waals surface area contributed by atoms with E-state index in [1.807, 2.05) is 61.5 Å². The summed E-state index contributed by atoms with van der Waals surface area (Å²) in [5.41, 5.74) is 4.30. The molecule has 0 spiro atoms. The summed E-state index contributed by atoms with van der Waals surface area (Å²) >= 11 is 6.82. The number of hydrogen-bond donors (Lipinski definition) is 0. The summed E-state index contributed by atoms with van der Waals surface area (Å²) in [7, 11) is 0. The Hall–Kier alpha value is -3.29. The summed E-state index contributed by atoms with van der Waals surface area (Å²) in [6.45, 7) is 10.4. The second-order valence-electron chi connectivity index (χ2n) is 9.64. The largest absolute Gasteiger partial charge is 0.493 e. The quantitative estimate of drug-likeness (QED) is 0.128. The van der Waals surface area contributed by atoms with Crippen LogP contribution in [0, 0.1) is 6.92 Å². The van der Waals surface area contributed by atoms with Gasteiger partial charge in [0, 0.05) is 6.42 Å². The van der Waals surface area contributed by atoms with E-state index in [0.29, 0.717) is 53.0 Å². The Kier molecular flexibility index (Phi) is 10.1. The number of thiocarbonyl (C=S) groups is 1. The summed E-state index contributed by atoms with van der Waals surface area (Å²) in [6.07, 6.45) is 2.60. The van der Waals surface area contributed by atoms with Gasteiger partial charge >= 0.3 is 0 Å². The van der Waals surface area contributed by atoms with Crippen LogP contribution in [-0.4, -0.2) is 34.9 Å². The van der Waals surface area contributed by atoms with Gasteiger partial charge in [0.1, 0.15) is 10.1 Å². The highest BCUT2D eigenvalue weighted by atomic mass is 32.2. The van der Waals surface area contributed by atoms with Crippen LogP contribution in [0.1, 0.15) is 55.4 Å². The predicted octanol–water partition coefficient (Wildman–Crippen LogP) is 7.77. The summed E-state index contributed by atoms with van der Waals surface area (Å²) in [5, 5.41) is 0. The molecule has 0 saturated carbocycles. The monoisotopic (exact) mass is 561 g/mol. The SMILES string of the molecule is CCOc1cc(C=C2SC(=S)N(Cc3ccccc3)C2=O)ccc1OCCCOc1cc(C)ccc1C(C)C. The summed E-state index contributed by atoms with van der Waals surface area (Å²) in [4.78, 5) is 15.3. The fourth-order valence-electron chi connectivity index (χ4n) is 4.22. The van der Waals surface area contributed by atoms with E-state index >= 15 is 0 Å². The van der Waals surface area contributed by atoms with Gasteiger partial charge in [-0.2, -0.15) is 0 Å². The third-order valence-corrected chi connectivity index (χ3v) is 7.60. The van der Waals surface area contributed by atoms with Crippen molar-refractivity contribution in [2.24, 2.45) is 0 Å². The molecule has 7 heteroatoms. The van der Waals surface area contributed by atoms with E-state index < -0.39 is 0 Å². The first-order valence-electron chi connectivity index (χ1n) is 13.3. The number of carbonyl (C=O) groups excluding carboxylic acids is 1. The molecule has 0 aliphatic carbocycles. The Morgan fingerprint density at radius 1 is 0.923 bits per heavy atom. The van der Waals surface area contributed by atoms with Gasteiger partial charge in [-0.1, -0.05) is 86.4 Å². The zero-order valence-corrected chi connectivity index (χ0v) is 24.6. The van der Waals surface area contributed by atoms with E-state index in [2.05, 4.69) is 39.0 Å². The number of thioether (sulfide) groups is 1. The maximum absolute atomic E-state index is 13.1. The minimum Gasteiger partial charge on any atom is -0.493 e. The van der Waals surface area contributed by atoms with Crippen LogP contribution < -0.4 is 14.2 Å².